The molecule has 26 heavy (non-hydrogen) atoms. The maximum atomic E-state index is 12.7. The van der Waals surface area contributed by atoms with Gasteiger partial charge in [-0.3, -0.25) is 9.69 Å². The minimum Gasteiger partial charge on any atom is -0.351 e. The summed E-state index contributed by atoms with van der Waals surface area (Å²) in [6.07, 6.45) is -3.47. The molecule has 1 aromatic heterocycles. The summed E-state index contributed by atoms with van der Waals surface area (Å²) in [5.74, 6) is -0.0593. The molecule has 0 saturated carbocycles. The number of nitrogens with one attached hydrogen (secondary N) is 1. The van der Waals surface area contributed by atoms with Crippen molar-refractivity contribution >= 4 is 22.4 Å². The van der Waals surface area contributed by atoms with Gasteiger partial charge < -0.3 is 10.2 Å². The highest BCUT2D eigenvalue weighted by Crippen LogP contribution is 2.36. The van der Waals surface area contributed by atoms with Crippen LogP contribution in [0.5, 0.6) is 0 Å². The van der Waals surface area contributed by atoms with Crippen LogP contribution in [0.4, 0.5) is 18.3 Å². The molecule has 140 valence electrons. The summed E-state index contributed by atoms with van der Waals surface area (Å²) >= 11 is 0.659. The van der Waals surface area contributed by atoms with Gasteiger partial charge in [-0.15, -0.1) is 0 Å². The van der Waals surface area contributed by atoms with Crippen LogP contribution in [0.3, 0.4) is 0 Å². The highest BCUT2D eigenvalue weighted by atomic mass is 32.1. The summed E-state index contributed by atoms with van der Waals surface area (Å²) in [7, 11) is 0. The number of aromatic nitrogens is 1. The SMILES string of the molecule is O=C(CN1CCN(c2ncc(C(F)(F)F)s2)CC1)NCc1ccccc1. The van der Waals surface area contributed by atoms with Gasteiger partial charge in [-0.05, 0) is 5.56 Å². The molecule has 1 aromatic carbocycles. The van der Waals surface area contributed by atoms with E-state index >= 15 is 0 Å². The van der Waals surface area contributed by atoms with E-state index in [1.54, 1.807) is 0 Å². The molecule has 2 heterocycles. The lowest BCUT2D eigenvalue weighted by Gasteiger charge is -2.34. The number of benzene rings is 1. The van der Waals surface area contributed by atoms with Crippen molar-refractivity contribution in [3.63, 3.8) is 0 Å². The van der Waals surface area contributed by atoms with Crippen LogP contribution in [-0.4, -0.2) is 48.5 Å². The third kappa shape index (κ3) is 4.95. The fourth-order valence-electron chi connectivity index (χ4n) is 2.69. The van der Waals surface area contributed by atoms with Gasteiger partial charge >= 0.3 is 6.18 Å². The van der Waals surface area contributed by atoms with E-state index in [2.05, 4.69) is 10.3 Å². The first-order valence-corrected chi connectivity index (χ1v) is 9.04. The lowest BCUT2D eigenvalue weighted by Crippen LogP contribution is -2.49. The van der Waals surface area contributed by atoms with Crippen molar-refractivity contribution in [1.29, 1.82) is 0 Å². The highest BCUT2D eigenvalue weighted by Gasteiger charge is 2.34. The predicted molar refractivity (Wildman–Crippen MR) is 94.1 cm³/mol. The number of anilines is 1. The first-order valence-electron chi connectivity index (χ1n) is 8.23. The zero-order valence-electron chi connectivity index (χ0n) is 14.0. The molecule has 9 heteroatoms. The molecule has 0 radical (unpaired) electrons. The van der Waals surface area contributed by atoms with E-state index in [0.717, 1.165) is 11.8 Å². The minimum absolute atomic E-state index is 0.0593. The highest BCUT2D eigenvalue weighted by molar-refractivity contribution is 7.15. The van der Waals surface area contributed by atoms with Crippen LogP contribution in [0.1, 0.15) is 10.4 Å². The molecule has 1 saturated heterocycles. The average molecular weight is 384 g/mol. The average Bonchev–Trinajstić information content (AvgIpc) is 3.12. The second-order valence-corrected chi connectivity index (χ2v) is 7.04. The Morgan fingerprint density at radius 2 is 1.85 bits per heavy atom. The van der Waals surface area contributed by atoms with E-state index in [1.807, 2.05) is 40.1 Å². The second-order valence-electron chi connectivity index (χ2n) is 6.03. The Morgan fingerprint density at radius 3 is 2.46 bits per heavy atom. The van der Waals surface area contributed by atoms with Crippen LogP contribution < -0.4 is 10.2 Å². The van der Waals surface area contributed by atoms with Crippen LogP contribution in [0.25, 0.3) is 0 Å². The van der Waals surface area contributed by atoms with Crippen molar-refractivity contribution in [1.82, 2.24) is 15.2 Å². The van der Waals surface area contributed by atoms with Gasteiger partial charge in [0, 0.05) is 32.7 Å². The van der Waals surface area contributed by atoms with Gasteiger partial charge in [0.1, 0.15) is 4.88 Å². The topological polar surface area (TPSA) is 48.5 Å². The number of nitrogens with zero attached hydrogens (tertiary/aromatic N) is 3. The lowest BCUT2D eigenvalue weighted by atomic mass is 10.2. The third-order valence-electron chi connectivity index (χ3n) is 4.12. The first-order chi connectivity index (χ1) is 12.4. The van der Waals surface area contributed by atoms with E-state index in [4.69, 9.17) is 0 Å². The molecular formula is C17H19F3N4OS. The van der Waals surface area contributed by atoms with Crippen molar-refractivity contribution in [3.8, 4) is 0 Å². The molecule has 1 N–H and O–H groups in total. The number of carbonyl (C=O) groups excluding carboxylic acids is 1. The number of carbonyl (C=O) groups is 1. The predicted octanol–water partition coefficient (Wildman–Crippen LogP) is 2.60. The fraction of sp³-hybridized carbons (Fsp3) is 0.412. The standard InChI is InChI=1S/C17H19F3N4OS/c18-17(19,20)14-11-22-16(26-14)24-8-6-23(7-9-24)12-15(25)21-10-13-4-2-1-3-5-13/h1-5,11H,6-10,12H2,(H,21,25). The summed E-state index contributed by atoms with van der Waals surface area (Å²) in [5, 5.41) is 3.26. The van der Waals surface area contributed by atoms with Gasteiger partial charge in [-0.1, -0.05) is 41.7 Å². The second kappa shape index (κ2) is 8.05. The third-order valence-corrected chi connectivity index (χ3v) is 5.22. The van der Waals surface area contributed by atoms with Crippen LogP contribution in [0.15, 0.2) is 36.5 Å². The monoisotopic (exact) mass is 384 g/mol. The van der Waals surface area contributed by atoms with Crippen molar-refractivity contribution in [2.45, 2.75) is 12.7 Å². The summed E-state index contributed by atoms with van der Waals surface area (Å²) in [4.78, 5) is 19.1. The quantitative estimate of drug-likeness (QED) is 0.861. The molecule has 5 nitrogen and oxygen atoms in total. The molecule has 0 aliphatic carbocycles. The van der Waals surface area contributed by atoms with Gasteiger partial charge in [0.05, 0.1) is 12.7 Å². The molecule has 0 unspecified atom stereocenters. The number of alkyl halides is 3. The Kier molecular flexibility index (Phi) is 5.77. The zero-order valence-corrected chi connectivity index (χ0v) is 14.8. The molecule has 1 fully saturated rings. The van der Waals surface area contributed by atoms with Crippen LogP contribution in [0.2, 0.25) is 0 Å². The molecular weight excluding hydrogens is 365 g/mol. The van der Waals surface area contributed by atoms with Crippen molar-refractivity contribution in [2.75, 3.05) is 37.6 Å². The Hall–Kier alpha value is -2.13. The Labute approximate surface area is 153 Å². The maximum absolute atomic E-state index is 12.7. The molecule has 2 aromatic rings. The van der Waals surface area contributed by atoms with E-state index in [1.165, 1.54) is 0 Å². The maximum Gasteiger partial charge on any atom is 0.427 e. The minimum atomic E-state index is -4.35. The Balaban J connectivity index is 1.43. The zero-order chi connectivity index (χ0) is 18.6. The molecule has 1 aliphatic heterocycles. The summed E-state index contributed by atoms with van der Waals surface area (Å²) < 4.78 is 38.0. The van der Waals surface area contributed by atoms with E-state index < -0.39 is 11.1 Å². The molecule has 1 aliphatic rings. The first kappa shape index (κ1) is 18.7. The fourth-order valence-corrected chi connectivity index (χ4v) is 3.53. The molecule has 3 rings (SSSR count). The molecule has 0 spiro atoms. The summed E-state index contributed by atoms with van der Waals surface area (Å²) in [5.41, 5.74) is 1.04. The van der Waals surface area contributed by atoms with E-state index in [0.29, 0.717) is 49.2 Å². The summed E-state index contributed by atoms with van der Waals surface area (Å²) in [6.45, 7) is 3.10. The Bertz CT molecular complexity index is 727. The number of hydrogen-bond acceptors (Lipinski definition) is 5. The van der Waals surface area contributed by atoms with Crippen LogP contribution >= 0.6 is 11.3 Å². The van der Waals surface area contributed by atoms with Crippen LogP contribution in [0, 0.1) is 0 Å². The molecule has 1 amide bonds. The number of rotatable bonds is 5. The van der Waals surface area contributed by atoms with Crippen molar-refractivity contribution in [3.05, 3.63) is 47.0 Å². The number of piperazine rings is 1. The van der Waals surface area contributed by atoms with Gasteiger partial charge in [-0.2, -0.15) is 13.2 Å². The van der Waals surface area contributed by atoms with Crippen LogP contribution in [-0.2, 0) is 17.5 Å². The molecule has 0 atom stereocenters. The smallest absolute Gasteiger partial charge is 0.351 e. The van der Waals surface area contributed by atoms with E-state index in [9.17, 15) is 18.0 Å². The summed E-state index contributed by atoms with van der Waals surface area (Å²) in [6, 6.07) is 9.66. The normalized spacial score (nSPS) is 15.9. The Morgan fingerprint density at radius 1 is 1.15 bits per heavy atom. The molecule has 0 bridgehead atoms. The van der Waals surface area contributed by atoms with Gasteiger partial charge in [-0.25, -0.2) is 4.98 Å². The van der Waals surface area contributed by atoms with Gasteiger partial charge in [0.25, 0.3) is 0 Å². The largest absolute Gasteiger partial charge is 0.427 e. The van der Waals surface area contributed by atoms with Gasteiger partial charge in [0.15, 0.2) is 5.13 Å². The van der Waals surface area contributed by atoms with Crippen molar-refractivity contribution in [2.24, 2.45) is 0 Å². The number of hydrogen-bond donors (Lipinski definition) is 1. The van der Waals surface area contributed by atoms with E-state index in [-0.39, 0.29) is 12.5 Å². The number of thiazole rings is 1. The number of halogens is 3. The van der Waals surface area contributed by atoms with Gasteiger partial charge in [0.2, 0.25) is 5.91 Å². The van der Waals surface area contributed by atoms with Crippen molar-refractivity contribution < 1.29 is 18.0 Å². The lowest BCUT2D eigenvalue weighted by molar-refractivity contribution is -0.134. The number of amides is 1.